The number of esters is 8. The fraction of sp³-hybridized carbons (Fsp3) is 0.895. The molecule has 7 unspecified atom stereocenters. The third-order valence-electron chi connectivity index (χ3n) is 21.7. The van der Waals surface area contributed by atoms with Gasteiger partial charge in [-0.2, -0.15) is 0 Å². The van der Waals surface area contributed by atoms with Crippen molar-refractivity contribution in [1.82, 2.24) is 14.7 Å². The largest absolute Gasteiger partial charge is 0.464 e. The fourth-order valence-corrected chi connectivity index (χ4v) is 16.7. The van der Waals surface area contributed by atoms with Crippen molar-refractivity contribution < 1.29 is 76.3 Å². The molecule has 5 saturated carbocycles. The quantitative estimate of drug-likeness (QED) is 0.0417. The first-order valence-corrected chi connectivity index (χ1v) is 37.0. The lowest BCUT2D eigenvalue weighted by molar-refractivity contribution is -0.183. The summed E-state index contributed by atoms with van der Waals surface area (Å²) in [5.41, 5.74) is -12.8. The lowest BCUT2D eigenvalue weighted by Crippen LogP contribution is -2.52. The number of likely N-dealkylation sites (N-methyl/N-ethyl adjacent to an activating group) is 3. The van der Waals surface area contributed by atoms with Crippen molar-refractivity contribution in [2.24, 2.45) is 43.3 Å². The average Bonchev–Trinajstić information content (AvgIpc) is 0.758. The molecule has 5 rings (SSSR count). The van der Waals surface area contributed by atoms with E-state index in [4.69, 9.17) is 37.9 Å². The van der Waals surface area contributed by atoms with E-state index in [1.54, 1.807) is 55.4 Å². The smallest absolute Gasteiger partial charge is 0.312 e. The molecule has 5 fully saturated rings. The second-order valence-electron chi connectivity index (χ2n) is 33.5. The average molecular weight is 1340 g/mol. The minimum Gasteiger partial charge on any atom is -0.464 e. The van der Waals surface area contributed by atoms with Crippen LogP contribution < -0.4 is 0 Å². The Morgan fingerprint density at radius 1 is 0.274 bits per heavy atom. The molecule has 546 valence electrons. The topological polar surface area (TPSA) is 220 Å². The highest BCUT2D eigenvalue weighted by atomic mass is 16.6. The molecule has 19 nitrogen and oxygen atoms in total. The van der Waals surface area contributed by atoms with Gasteiger partial charge in [0.25, 0.3) is 0 Å². The van der Waals surface area contributed by atoms with Gasteiger partial charge in [0.1, 0.15) is 50.3 Å². The Hall–Kier alpha value is -4.36. The van der Waals surface area contributed by atoms with Crippen molar-refractivity contribution in [2.45, 2.75) is 312 Å². The van der Waals surface area contributed by atoms with Gasteiger partial charge in [0, 0.05) is 19.6 Å². The molecule has 0 radical (unpaired) electrons. The van der Waals surface area contributed by atoms with Crippen LogP contribution in [-0.2, 0) is 76.3 Å². The van der Waals surface area contributed by atoms with Crippen LogP contribution in [0, 0.1) is 43.3 Å². The van der Waals surface area contributed by atoms with Crippen molar-refractivity contribution in [3.05, 3.63) is 0 Å². The van der Waals surface area contributed by atoms with Gasteiger partial charge in [-0.05, 0) is 284 Å². The third-order valence-corrected chi connectivity index (χ3v) is 21.7. The Bertz CT molecular complexity index is 2470. The monoisotopic (exact) mass is 1340 g/mol. The van der Waals surface area contributed by atoms with Gasteiger partial charge in [-0.25, -0.2) is 0 Å². The summed E-state index contributed by atoms with van der Waals surface area (Å²) in [5.74, 6) is -4.82. The molecule has 0 aromatic heterocycles. The van der Waals surface area contributed by atoms with Gasteiger partial charge in [0.15, 0.2) is 0 Å². The SMILES string of the molecule is CCC(C)(CC(C)(CC(C)(CC(C)(CC(C)(CC(C)(CC(C)(CC(C)(C)C(=O)OCCN(C)C)C(=O)OCCN(C)C)C(=O)OCCN(C)C)C(=O)OC1CCCCC1)C(=O)OC1CCCCC1)C(=O)OC1CCCCC1)C(=O)OC1CCCCC1)C(=O)OC1CCCCC1. The Balaban J connectivity index is 1.78. The lowest BCUT2D eigenvalue weighted by Gasteiger charge is -2.47. The second-order valence-corrected chi connectivity index (χ2v) is 33.5. The molecule has 5 aliphatic rings. The van der Waals surface area contributed by atoms with Crippen LogP contribution >= 0.6 is 0 Å². The summed E-state index contributed by atoms with van der Waals surface area (Å²) in [7, 11) is 11.2. The van der Waals surface area contributed by atoms with Crippen LogP contribution in [0.2, 0.25) is 0 Å². The number of hydrogen-bond acceptors (Lipinski definition) is 19. The van der Waals surface area contributed by atoms with E-state index in [1.165, 1.54) is 0 Å². The summed E-state index contributed by atoms with van der Waals surface area (Å²) >= 11 is 0. The first-order chi connectivity index (χ1) is 44.5. The first-order valence-electron chi connectivity index (χ1n) is 37.0. The van der Waals surface area contributed by atoms with Gasteiger partial charge in [-0.1, -0.05) is 39.0 Å². The molecule has 0 N–H and O–H groups in total. The molecule has 0 bridgehead atoms. The molecule has 0 aromatic rings. The van der Waals surface area contributed by atoms with Gasteiger partial charge in [-0.15, -0.1) is 0 Å². The summed E-state index contributed by atoms with van der Waals surface area (Å²) in [6, 6.07) is 0. The van der Waals surface area contributed by atoms with Gasteiger partial charge < -0.3 is 52.6 Å². The summed E-state index contributed by atoms with van der Waals surface area (Å²) in [4.78, 5) is 130. The Labute approximate surface area is 573 Å². The van der Waals surface area contributed by atoms with Crippen molar-refractivity contribution in [3.63, 3.8) is 0 Å². The maximum Gasteiger partial charge on any atom is 0.312 e. The maximum atomic E-state index is 16.2. The summed E-state index contributed by atoms with van der Waals surface area (Å²) < 4.78 is 51.3. The minimum atomic E-state index is -1.80. The van der Waals surface area contributed by atoms with E-state index in [2.05, 4.69) is 0 Å². The zero-order valence-corrected chi connectivity index (χ0v) is 62.3. The number of rotatable bonds is 37. The molecule has 0 aliphatic heterocycles. The van der Waals surface area contributed by atoms with E-state index < -0.39 is 109 Å². The van der Waals surface area contributed by atoms with Crippen molar-refractivity contribution in [2.75, 3.05) is 81.7 Å². The Kier molecular flexibility index (Phi) is 31.4. The van der Waals surface area contributed by atoms with Crippen LogP contribution in [0.25, 0.3) is 0 Å². The van der Waals surface area contributed by atoms with E-state index in [-0.39, 0.29) is 77.0 Å². The Morgan fingerprint density at radius 3 is 0.684 bits per heavy atom. The second kappa shape index (κ2) is 36.6. The lowest BCUT2D eigenvalue weighted by atomic mass is 9.56. The highest BCUT2D eigenvalue weighted by Crippen LogP contribution is 2.57. The van der Waals surface area contributed by atoms with Crippen LogP contribution in [0.4, 0.5) is 0 Å². The molecule has 7 atom stereocenters. The molecule has 0 aromatic carbocycles. The number of carbonyl (C=O) groups excluding carboxylic acids is 8. The number of nitrogens with zero attached hydrogens (tertiary/aromatic N) is 3. The maximum absolute atomic E-state index is 16.2. The molecule has 0 heterocycles. The predicted octanol–water partition coefficient (Wildman–Crippen LogP) is 13.9. The minimum absolute atomic E-state index is 0.00749. The molecule has 0 amide bonds. The van der Waals surface area contributed by atoms with Crippen molar-refractivity contribution in [1.29, 1.82) is 0 Å². The molecular formula is C76H131N3O16. The highest BCUT2D eigenvalue weighted by Gasteiger charge is 2.60. The summed E-state index contributed by atoms with van der Waals surface area (Å²) in [5, 5.41) is 0. The highest BCUT2D eigenvalue weighted by molar-refractivity contribution is 5.87. The predicted molar refractivity (Wildman–Crippen MR) is 367 cm³/mol. The van der Waals surface area contributed by atoms with Gasteiger partial charge >= 0.3 is 47.8 Å². The molecule has 5 aliphatic carbocycles. The van der Waals surface area contributed by atoms with Gasteiger partial charge in [0.05, 0.1) is 43.3 Å². The van der Waals surface area contributed by atoms with E-state index in [0.717, 1.165) is 109 Å². The van der Waals surface area contributed by atoms with Crippen LogP contribution in [0.5, 0.6) is 0 Å². The molecule has 0 saturated heterocycles. The third kappa shape index (κ3) is 24.8. The van der Waals surface area contributed by atoms with E-state index in [0.29, 0.717) is 77.4 Å². The van der Waals surface area contributed by atoms with Crippen LogP contribution in [0.15, 0.2) is 0 Å². The molecule has 95 heavy (non-hydrogen) atoms. The van der Waals surface area contributed by atoms with Crippen LogP contribution in [-0.4, -0.2) is 175 Å². The van der Waals surface area contributed by atoms with E-state index in [1.807, 2.05) is 70.8 Å². The molecule has 19 heteroatoms. The van der Waals surface area contributed by atoms with Gasteiger partial charge in [-0.3, -0.25) is 38.4 Å². The number of hydrogen-bond donors (Lipinski definition) is 0. The zero-order valence-electron chi connectivity index (χ0n) is 62.3. The number of ether oxygens (including phenoxy) is 8. The number of carbonyl (C=O) groups is 8. The Morgan fingerprint density at radius 2 is 0.463 bits per heavy atom. The first kappa shape index (κ1) is 81.3. The van der Waals surface area contributed by atoms with Crippen LogP contribution in [0.3, 0.4) is 0 Å². The molecule has 0 spiro atoms. The molecular weight excluding hydrogens is 1210 g/mol. The van der Waals surface area contributed by atoms with Crippen molar-refractivity contribution in [3.8, 4) is 0 Å². The van der Waals surface area contributed by atoms with Crippen LogP contribution in [0.1, 0.15) is 281 Å². The van der Waals surface area contributed by atoms with Gasteiger partial charge in [0.2, 0.25) is 0 Å². The van der Waals surface area contributed by atoms with E-state index >= 15 is 28.8 Å². The van der Waals surface area contributed by atoms with E-state index in [9.17, 15) is 9.59 Å². The zero-order chi connectivity index (χ0) is 70.5. The van der Waals surface area contributed by atoms with Crippen molar-refractivity contribution >= 4 is 47.8 Å². The fourth-order valence-electron chi connectivity index (χ4n) is 16.7. The summed E-state index contributed by atoms with van der Waals surface area (Å²) in [6.07, 6.45) is 17.0. The normalized spacial score (nSPS) is 22.2. The standard InChI is InChI=1S/C76H131N3O16/c1-17-70(4,64(83)91-56-33-23-18-24-34-56)50-73(7,65(84)92-57-35-25-19-26-36-57)53-75(9,67(86)94-59-39-29-21-30-40-59)55-76(10,68(87)95-60-41-31-22-32-42-60)54-74(8,66(85)93-58-37-27-20-28-38-58)52-72(6,63(82)90-48-45-79(15)16)51-71(5,62(81)89-47-44-78(13)14)49-69(2,3)61(80)88-46-43-77(11)12/h56-60H,17-55H2,1-16H3. The summed E-state index contributed by atoms with van der Waals surface area (Å²) in [6.45, 7) is 18.8.